The molecule has 0 atom stereocenters. The smallest absolute Gasteiger partial charge is 0.258 e. The van der Waals surface area contributed by atoms with E-state index in [4.69, 9.17) is 11.6 Å². The average molecular weight is 371 g/mol. The largest absolute Gasteiger partial charge is 0.356 e. The van der Waals surface area contributed by atoms with E-state index in [1.165, 1.54) is 0 Å². The molecule has 134 valence electrons. The number of nitrogens with one attached hydrogen (secondary N) is 2. The summed E-state index contributed by atoms with van der Waals surface area (Å²) in [6.45, 7) is 3.66. The third-order valence-electron chi connectivity index (χ3n) is 4.86. The van der Waals surface area contributed by atoms with Crippen LogP contribution in [0.4, 0.5) is 5.82 Å². The molecule has 1 aliphatic rings. The van der Waals surface area contributed by atoms with Crippen molar-refractivity contribution in [3.05, 3.63) is 62.1 Å². The van der Waals surface area contributed by atoms with E-state index in [1.807, 2.05) is 6.07 Å². The van der Waals surface area contributed by atoms with Gasteiger partial charge in [0, 0.05) is 42.0 Å². The Morgan fingerprint density at radius 1 is 0.923 bits per heavy atom. The molecular formula is C19H19ClN4O2. The molecular weight excluding hydrogens is 352 g/mol. The fourth-order valence-electron chi connectivity index (χ4n) is 3.30. The molecule has 2 N–H and O–H groups in total. The van der Waals surface area contributed by atoms with Gasteiger partial charge in [0.05, 0.1) is 11.3 Å². The van der Waals surface area contributed by atoms with Crippen molar-refractivity contribution in [2.45, 2.75) is 0 Å². The number of aromatic nitrogens is 2. The number of anilines is 1. The predicted molar refractivity (Wildman–Crippen MR) is 105 cm³/mol. The van der Waals surface area contributed by atoms with E-state index >= 15 is 0 Å². The van der Waals surface area contributed by atoms with Crippen molar-refractivity contribution in [2.24, 2.45) is 0 Å². The Labute approximate surface area is 155 Å². The lowest BCUT2D eigenvalue weighted by atomic mass is 10.1. The van der Waals surface area contributed by atoms with Crippen LogP contribution >= 0.6 is 11.6 Å². The van der Waals surface area contributed by atoms with E-state index in [9.17, 15) is 9.59 Å². The van der Waals surface area contributed by atoms with Gasteiger partial charge in [0.1, 0.15) is 5.82 Å². The zero-order chi connectivity index (χ0) is 18.3. The normalized spacial score (nSPS) is 15.5. The zero-order valence-corrected chi connectivity index (χ0v) is 15.1. The number of H-pyrrole nitrogens is 2. The number of fused-ring (bicyclic) bond motifs is 1. The molecule has 1 saturated heterocycles. The maximum atomic E-state index is 12.6. The van der Waals surface area contributed by atoms with Crippen LogP contribution in [0.2, 0.25) is 5.02 Å². The molecule has 0 spiro atoms. The highest BCUT2D eigenvalue weighted by atomic mass is 35.5. The minimum absolute atomic E-state index is 0.233. The third kappa shape index (κ3) is 3.02. The zero-order valence-electron chi connectivity index (χ0n) is 14.4. The van der Waals surface area contributed by atoms with E-state index in [1.54, 1.807) is 30.3 Å². The van der Waals surface area contributed by atoms with Crippen LogP contribution in [0.15, 0.2) is 46.0 Å². The molecule has 3 heterocycles. The van der Waals surface area contributed by atoms with Gasteiger partial charge in [0.15, 0.2) is 0 Å². The van der Waals surface area contributed by atoms with Gasteiger partial charge < -0.3 is 19.8 Å². The van der Waals surface area contributed by atoms with Crippen molar-refractivity contribution in [3.8, 4) is 11.3 Å². The summed E-state index contributed by atoms with van der Waals surface area (Å²) in [6.07, 6.45) is 0. The number of pyridine rings is 2. The molecule has 1 fully saturated rings. The Morgan fingerprint density at radius 2 is 1.69 bits per heavy atom. The fourth-order valence-corrected chi connectivity index (χ4v) is 3.53. The molecule has 0 aliphatic carbocycles. The second-order valence-electron chi connectivity index (χ2n) is 6.59. The van der Waals surface area contributed by atoms with Crippen LogP contribution in [0, 0.1) is 0 Å². The summed E-state index contributed by atoms with van der Waals surface area (Å²) in [6, 6.07) is 10.6. The van der Waals surface area contributed by atoms with Gasteiger partial charge in [-0.15, -0.1) is 0 Å². The highest BCUT2D eigenvalue weighted by molar-refractivity contribution is 6.35. The number of rotatable bonds is 2. The van der Waals surface area contributed by atoms with Crippen molar-refractivity contribution in [1.29, 1.82) is 0 Å². The topological polar surface area (TPSA) is 72.2 Å². The van der Waals surface area contributed by atoms with Gasteiger partial charge in [0.2, 0.25) is 0 Å². The highest BCUT2D eigenvalue weighted by Gasteiger charge is 2.16. The summed E-state index contributed by atoms with van der Waals surface area (Å²) in [5, 5.41) is 1.63. The summed E-state index contributed by atoms with van der Waals surface area (Å²) < 4.78 is 0. The summed E-state index contributed by atoms with van der Waals surface area (Å²) in [5.41, 5.74) is 0.384. The second kappa shape index (κ2) is 6.63. The molecule has 4 rings (SSSR count). The van der Waals surface area contributed by atoms with Crippen LogP contribution in [0.25, 0.3) is 22.0 Å². The first-order chi connectivity index (χ1) is 12.5. The lowest BCUT2D eigenvalue weighted by Crippen LogP contribution is -2.45. The molecule has 0 saturated carbocycles. The molecule has 0 radical (unpaired) electrons. The minimum Gasteiger partial charge on any atom is -0.356 e. The molecule has 1 aliphatic heterocycles. The van der Waals surface area contributed by atoms with E-state index < -0.39 is 0 Å². The van der Waals surface area contributed by atoms with Crippen LogP contribution in [-0.4, -0.2) is 48.1 Å². The summed E-state index contributed by atoms with van der Waals surface area (Å²) >= 11 is 6.22. The number of hydrogen-bond donors (Lipinski definition) is 2. The molecule has 7 heteroatoms. The Bertz CT molecular complexity index is 1080. The Morgan fingerprint density at radius 3 is 2.42 bits per heavy atom. The summed E-state index contributed by atoms with van der Waals surface area (Å²) in [7, 11) is 2.09. The van der Waals surface area contributed by atoms with Crippen LogP contribution in [-0.2, 0) is 0 Å². The lowest BCUT2D eigenvalue weighted by molar-refractivity contribution is 0.312. The van der Waals surface area contributed by atoms with Crippen molar-refractivity contribution in [2.75, 3.05) is 38.1 Å². The molecule has 0 amide bonds. The lowest BCUT2D eigenvalue weighted by Gasteiger charge is -2.33. The first-order valence-corrected chi connectivity index (χ1v) is 8.89. The minimum atomic E-state index is -0.262. The van der Waals surface area contributed by atoms with E-state index in [0.717, 1.165) is 32.0 Å². The van der Waals surface area contributed by atoms with Gasteiger partial charge >= 0.3 is 0 Å². The van der Waals surface area contributed by atoms with E-state index in [2.05, 4.69) is 26.8 Å². The van der Waals surface area contributed by atoms with Gasteiger partial charge in [-0.2, -0.15) is 0 Å². The van der Waals surface area contributed by atoms with Gasteiger partial charge in [-0.3, -0.25) is 9.59 Å². The van der Waals surface area contributed by atoms with E-state index in [0.29, 0.717) is 27.1 Å². The summed E-state index contributed by atoms with van der Waals surface area (Å²) in [4.78, 5) is 35.1. The van der Waals surface area contributed by atoms with Gasteiger partial charge in [0.25, 0.3) is 11.1 Å². The van der Waals surface area contributed by atoms with Crippen LogP contribution < -0.4 is 16.0 Å². The Kier molecular flexibility index (Phi) is 4.30. The van der Waals surface area contributed by atoms with Crippen molar-refractivity contribution >= 4 is 28.2 Å². The maximum absolute atomic E-state index is 12.6. The monoisotopic (exact) mass is 370 g/mol. The summed E-state index contributed by atoms with van der Waals surface area (Å²) in [5.74, 6) is 0.799. The number of benzene rings is 1. The number of aromatic amines is 2. The number of hydrogen-bond acceptors (Lipinski definition) is 4. The molecule has 1 aromatic carbocycles. The Balaban J connectivity index is 1.75. The number of piperazine rings is 1. The van der Waals surface area contributed by atoms with Crippen molar-refractivity contribution in [3.63, 3.8) is 0 Å². The van der Waals surface area contributed by atoms with Gasteiger partial charge in [-0.05, 0) is 37.4 Å². The average Bonchev–Trinajstić information content (AvgIpc) is 2.63. The quantitative estimate of drug-likeness (QED) is 0.726. The van der Waals surface area contributed by atoms with Crippen LogP contribution in [0.1, 0.15) is 0 Å². The number of halogens is 1. The first-order valence-electron chi connectivity index (χ1n) is 8.52. The van der Waals surface area contributed by atoms with Crippen LogP contribution in [0.3, 0.4) is 0 Å². The molecule has 26 heavy (non-hydrogen) atoms. The molecule has 0 unspecified atom stereocenters. The molecule has 6 nitrogen and oxygen atoms in total. The molecule has 3 aromatic rings. The third-order valence-corrected chi connectivity index (χ3v) is 5.19. The second-order valence-corrected chi connectivity index (χ2v) is 7.00. The van der Waals surface area contributed by atoms with Gasteiger partial charge in [-0.25, -0.2) is 0 Å². The SMILES string of the molecule is CN1CCN(c2ccc(-c3cc4c(Cl)cccc4c(=O)[nH]3)c(=O)[nH]2)CC1. The first kappa shape index (κ1) is 16.9. The Hall–Kier alpha value is -2.57. The van der Waals surface area contributed by atoms with Crippen LogP contribution in [0.5, 0.6) is 0 Å². The fraction of sp³-hybridized carbons (Fsp3) is 0.263. The molecule has 2 aromatic heterocycles. The number of likely N-dealkylation sites (N-methyl/N-ethyl adjacent to an activating group) is 1. The highest BCUT2D eigenvalue weighted by Crippen LogP contribution is 2.24. The van der Waals surface area contributed by atoms with Crippen molar-refractivity contribution < 1.29 is 0 Å². The van der Waals surface area contributed by atoms with Crippen molar-refractivity contribution in [1.82, 2.24) is 14.9 Å². The molecule has 0 bridgehead atoms. The maximum Gasteiger partial charge on any atom is 0.258 e. The van der Waals surface area contributed by atoms with E-state index in [-0.39, 0.29) is 11.1 Å². The number of nitrogens with zero attached hydrogens (tertiary/aromatic N) is 2. The van der Waals surface area contributed by atoms with Gasteiger partial charge in [-0.1, -0.05) is 17.7 Å². The predicted octanol–water partition coefficient (Wildman–Crippen LogP) is 2.29. The standard InChI is InChI=1S/C19H19ClN4O2/c1-23-7-9-24(10-8-23)17-6-5-13(19(26)22-17)16-11-14-12(18(25)21-16)3-2-4-15(14)20/h2-6,11H,7-10H2,1H3,(H,21,25)(H,22,26).